The maximum atomic E-state index is 13.4. The molecule has 5 rings (SSSR count). The molecule has 1 fully saturated rings. The number of nitrogens with one attached hydrogen (secondary N) is 2. The summed E-state index contributed by atoms with van der Waals surface area (Å²) in [7, 11) is 0. The van der Waals surface area contributed by atoms with Crippen LogP contribution in [0, 0.1) is 12.8 Å². The van der Waals surface area contributed by atoms with Gasteiger partial charge in [-0.1, -0.05) is 60.1 Å². The van der Waals surface area contributed by atoms with Crippen molar-refractivity contribution >= 4 is 52.2 Å². The molecule has 35 heavy (non-hydrogen) atoms. The Morgan fingerprint density at radius 1 is 1.06 bits per heavy atom. The number of aryl methyl sites for hydroxylation is 1. The van der Waals surface area contributed by atoms with Crippen LogP contribution in [0.3, 0.4) is 0 Å². The summed E-state index contributed by atoms with van der Waals surface area (Å²) in [5.41, 5.74) is 4.82. The topological polar surface area (TPSA) is 65.2 Å². The van der Waals surface area contributed by atoms with Gasteiger partial charge in [0.25, 0.3) is 5.56 Å². The molecule has 1 aliphatic rings. The second-order valence-corrected chi connectivity index (χ2v) is 9.26. The van der Waals surface area contributed by atoms with Gasteiger partial charge < -0.3 is 15.2 Å². The van der Waals surface area contributed by atoms with E-state index in [1.54, 1.807) is 6.07 Å². The van der Waals surface area contributed by atoms with E-state index in [9.17, 15) is 9.59 Å². The molecule has 1 amide bonds. The molecule has 3 aromatic carbocycles. The van der Waals surface area contributed by atoms with Crippen LogP contribution >= 0.6 is 24.0 Å². The smallest absolute Gasteiger partial charge is 0.272 e. The molecule has 0 aliphatic carbocycles. The molecule has 4 aromatic rings. The number of pyridine rings is 1. The lowest BCUT2D eigenvalue weighted by Crippen LogP contribution is -2.43. The summed E-state index contributed by atoms with van der Waals surface area (Å²) in [4.78, 5) is 31.6. The van der Waals surface area contributed by atoms with Crippen molar-refractivity contribution in [3.8, 4) is 11.1 Å². The molecule has 1 aromatic heterocycles. The summed E-state index contributed by atoms with van der Waals surface area (Å²) in [6, 6.07) is 23.2. The van der Waals surface area contributed by atoms with Gasteiger partial charge in [-0.2, -0.15) is 0 Å². The monoisotopic (exact) mass is 507 g/mol. The van der Waals surface area contributed by atoms with E-state index >= 15 is 0 Å². The first-order valence-corrected chi connectivity index (χ1v) is 11.9. The van der Waals surface area contributed by atoms with E-state index in [1.165, 1.54) is 0 Å². The number of piperidine rings is 1. The highest BCUT2D eigenvalue weighted by Crippen LogP contribution is 2.37. The molecule has 1 saturated heterocycles. The zero-order valence-corrected chi connectivity index (χ0v) is 21.0. The molecule has 7 heteroatoms. The number of halogens is 2. The van der Waals surface area contributed by atoms with E-state index in [0.717, 1.165) is 46.1 Å². The number of anilines is 2. The third-order valence-electron chi connectivity index (χ3n) is 6.52. The number of carbonyl (C=O) groups excluding carboxylic acids is 1. The van der Waals surface area contributed by atoms with E-state index in [2.05, 4.69) is 15.2 Å². The Hall–Kier alpha value is -3.28. The predicted octanol–water partition coefficient (Wildman–Crippen LogP) is 6.43. The van der Waals surface area contributed by atoms with Gasteiger partial charge in [0.2, 0.25) is 5.91 Å². The lowest BCUT2D eigenvalue weighted by atomic mass is 9.93. The van der Waals surface area contributed by atoms with Crippen LogP contribution in [0.2, 0.25) is 5.02 Å². The standard InChI is InChI=1S/C28H26ClN3O2.ClH/c1-18-8-5-6-12-23(18)30-27(33)20-11-7-15-32(17-20)26-25(19-9-3-2-4-10-19)22-16-21(29)13-14-24(22)31-28(26)34;/h2-6,8-10,12-14,16,20H,7,11,15,17H2,1H3,(H,30,33)(H,31,34);1H. The van der Waals surface area contributed by atoms with Gasteiger partial charge in [-0.3, -0.25) is 9.59 Å². The second kappa shape index (κ2) is 10.5. The van der Waals surface area contributed by atoms with Gasteiger partial charge in [-0.15, -0.1) is 12.4 Å². The second-order valence-electron chi connectivity index (χ2n) is 8.82. The Balaban J connectivity index is 0.00000289. The molecular weight excluding hydrogens is 481 g/mol. The van der Waals surface area contributed by atoms with Crippen LogP contribution < -0.4 is 15.8 Å². The number of para-hydroxylation sites is 1. The van der Waals surface area contributed by atoms with Gasteiger partial charge in [0.15, 0.2) is 0 Å². The van der Waals surface area contributed by atoms with Gasteiger partial charge in [-0.25, -0.2) is 0 Å². The van der Waals surface area contributed by atoms with Crippen molar-refractivity contribution in [1.82, 2.24) is 4.98 Å². The largest absolute Gasteiger partial charge is 0.366 e. The summed E-state index contributed by atoms with van der Waals surface area (Å²) >= 11 is 6.35. The summed E-state index contributed by atoms with van der Waals surface area (Å²) in [5, 5.41) is 4.58. The summed E-state index contributed by atoms with van der Waals surface area (Å²) in [5.74, 6) is -0.230. The van der Waals surface area contributed by atoms with Crippen molar-refractivity contribution in [3.63, 3.8) is 0 Å². The van der Waals surface area contributed by atoms with Crippen molar-refractivity contribution in [2.24, 2.45) is 5.92 Å². The Labute approximate surface area is 215 Å². The lowest BCUT2D eigenvalue weighted by Gasteiger charge is -2.34. The normalized spacial score (nSPS) is 15.5. The Morgan fingerprint density at radius 2 is 1.80 bits per heavy atom. The number of carbonyl (C=O) groups is 1. The SMILES string of the molecule is Cc1ccccc1NC(=O)C1CCCN(c2c(-c3ccccc3)c3cc(Cl)ccc3[nH]c2=O)C1.Cl. The molecule has 1 unspecified atom stereocenters. The average Bonchev–Trinajstić information content (AvgIpc) is 2.85. The van der Waals surface area contributed by atoms with Crippen LogP contribution in [0.4, 0.5) is 11.4 Å². The molecule has 0 spiro atoms. The zero-order valence-electron chi connectivity index (χ0n) is 19.4. The highest BCUT2D eigenvalue weighted by atomic mass is 35.5. The van der Waals surface area contributed by atoms with Crippen molar-refractivity contribution < 1.29 is 4.79 Å². The lowest BCUT2D eigenvalue weighted by molar-refractivity contribution is -0.120. The number of hydrogen-bond acceptors (Lipinski definition) is 3. The van der Waals surface area contributed by atoms with Crippen LogP contribution in [-0.2, 0) is 4.79 Å². The Morgan fingerprint density at radius 3 is 2.57 bits per heavy atom. The minimum atomic E-state index is -0.216. The zero-order chi connectivity index (χ0) is 23.7. The molecule has 5 nitrogen and oxygen atoms in total. The van der Waals surface area contributed by atoms with Crippen LogP contribution in [0.25, 0.3) is 22.0 Å². The molecule has 0 bridgehead atoms. The van der Waals surface area contributed by atoms with Gasteiger partial charge in [-0.05, 0) is 55.2 Å². The molecule has 1 aliphatic heterocycles. The minimum absolute atomic E-state index is 0. The van der Waals surface area contributed by atoms with Gasteiger partial charge >= 0.3 is 0 Å². The van der Waals surface area contributed by atoms with E-state index in [4.69, 9.17) is 11.6 Å². The first-order valence-electron chi connectivity index (χ1n) is 11.5. The molecule has 1 atom stereocenters. The van der Waals surface area contributed by atoms with E-state index in [-0.39, 0.29) is 29.8 Å². The first kappa shape index (κ1) is 24.8. The molecule has 2 heterocycles. The fraction of sp³-hybridized carbons (Fsp3) is 0.214. The van der Waals surface area contributed by atoms with E-state index in [1.807, 2.05) is 73.7 Å². The highest BCUT2D eigenvalue weighted by Gasteiger charge is 2.29. The summed E-state index contributed by atoms with van der Waals surface area (Å²) in [6.45, 7) is 3.17. The molecule has 0 saturated carbocycles. The first-order chi connectivity index (χ1) is 16.5. The quantitative estimate of drug-likeness (QED) is 0.334. The summed E-state index contributed by atoms with van der Waals surface area (Å²) in [6.07, 6.45) is 1.61. The van der Waals surface area contributed by atoms with Crippen LogP contribution in [0.1, 0.15) is 18.4 Å². The van der Waals surface area contributed by atoms with Crippen LogP contribution in [0.15, 0.2) is 77.6 Å². The number of aromatic amines is 1. The predicted molar refractivity (Wildman–Crippen MR) is 147 cm³/mol. The van der Waals surface area contributed by atoms with Crippen LogP contribution in [0.5, 0.6) is 0 Å². The maximum Gasteiger partial charge on any atom is 0.272 e. The third-order valence-corrected chi connectivity index (χ3v) is 6.76. The van der Waals surface area contributed by atoms with Crippen molar-refractivity contribution in [1.29, 1.82) is 0 Å². The van der Waals surface area contributed by atoms with Gasteiger partial charge in [0.1, 0.15) is 5.69 Å². The number of fused-ring (bicyclic) bond motifs is 1. The molecule has 180 valence electrons. The van der Waals surface area contributed by atoms with Crippen molar-refractivity contribution in [2.75, 3.05) is 23.3 Å². The summed E-state index contributed by atoms with van der Waals surface area (Å²) < 4.78 is 0. The highest BCUT2D eigenvalue weighted by molar-refractivity contribution is 6.31. The third kappa shape index (κ3) is 5.07. The van der Waals surface area contributed by atoms with E-state index in [0.29, 0.717) is 23.8 Å². The number of nitrogens with zero attached hydrogens (tertiary/aromatic N) is 1. The minimum Gasteiger partial charge on any atom is -0.366 e. The van der Waals surface area contributed by atoms with Crippen molar-refractivity contribution in [2.45, 2.75) is 19.8 Å². The number of benzene rings is 3. The average molecular weight is 508 g/mol. The Kier molecular flexibility index (Phi) is 7.48. The Bertz CT molecular complexity index is 1420. The number of amides is 1. The number of aromatic nitrogens is 1. The molecule has 2 N–H and O–H groups in total. The maximum absolute atomic E-state index is 13.4. The van der Waals surface area contributed by atoms with Gasteiger partial charge in [0.05, 0.1) is 5.92 Å². The van der Waals surface area contributed by atoms with Gasteiger partial charge in [0, 0.05) is 40.3 Å². The fourth-order valence-electron chi connectivity index (χ4n) is 4.80. The number of rotatable bonds is 4. The van der Waals surface area contributed by atoms with Crippen molar-refractivity contribution in [3.05, 3.63) is 93.7 Å². The van der Waals surface area contributed by atoms with E-state index < -0.39 is 0 Å². The number of H-pyrrole nitrogens is 1. The number of hydrogen-bond donors (Lipinski definition) is 2. The fourth-order valence-corrected chi connectivity index (χ4v) is 4.97. The molecular formula is C28H27Cl2N3O2. The van der Waals surface area contributed by atoms with Crippen LogP contribution in [-0.4, -0.2) is 24.0 Å². The molecule has 0 radical (unpaired) electrons.